The molecule has 3 nitrogen and oxygen atoms in total. The maximum Gasteiger partial charge on any atom is 0.182 e. The van der Waals surface area contributed by atoms with Crippen LogP contribution in [0.4, 0.5) is 0 Å². The molecule has 2 aromatic heterocycles. The van der Waals surface area contributed by atoms with Crippen molar-refractivity contribution in [2.75, 3.05) is 0 Å². The molecule has 6 heteroatoms. The fraction of sp³-hybridized carbons (Fsp3) is 0.0714. The van der Waals surface area contributed by atoms with Gasteiger partial charge in [0.05, 0.1) is 4.34 Å². The number of imidazole rings is 1. The Bertz CT molecular complexity index is 709. The van der Waals surface area contributed by atoms with Crippen molar-refractivity contribution in [3.63, 3.8) is 0 Å². The molecule has 0 amide bonds. The van der Waals surface area contributed by atoms with E-state index in [4.69, 9.17) is 23.2 Å². The zero-order chi connectivity index (χ0) is 14.2. The summed E-state index contributed by atoms with van der Waals surface area (Å²) in [5, 5.41) is 11.8. The number of rotatable bonds is 3. The lowest BCUT2D eigenvalue weighted by Gasteiger charge is -2.25. The summed E-state index contributed by atoms with van der Waals surface area (Å²) in [7, 11) is 0. The third-order valence-electron chi connectivity index (χ3n) is 3.03. The zero-order valence-electron chi connectivity index (χ0n) is 10.2. The molecule has 0 saturated carbocycles. The van der Waals surface area contributed by atoms with Crippen LogP contribution < -0.4 is 0 Å². The van der Waals surface area contributed by atoms with Gasteiger partial charge in [-0.2, -0.15) is 0 Å². The van der Waals surface area contributed by atoms with Crippen LogP contribution in [0.25, 0.3) is 0 Å². The maximum absolute atomic E-state index is 11.2. The van der Waals surface area contributed by atoms with Crippen molar-refractivity contribution in [1.29, 1.82) is 0 Å². The number of nitrogens with one attached hydrogen (secondary N) is 1. The molecule has 1 unspecified atom stereocenters. The molecule has 1 aromatic carbocycles. The molecule has 0 radical (unpaired) electrons. The fourth-order valence-corrected chi connectivity index (χ4v) is 3.34. The van der Waals surface area contributed by atoms with E-state index in [0.29, 0.717) is 25.6 Å². The third-order valence-corrected chi connectivity index (χ3v) is 4.62. The molecule has 1 atom stereocenters. The monoisotopic (exact) mass is 324 g/mol. The standard InChI is InChI=1S/C14H10Cl2N2OS/c15-10-3-1-9(2-4-10)14(19,13-17-7-8-18-13)11-5-6-12(16)20-11/h1-8,19H,(H,17,18). The van der Waals surface area contributed by atoms with Crippen LogP contribution in [-0.4, -0.2) is 15.1 Å². The highest BCUT2D eigenvalue weighted by Gasteiger charge is 2.37. The van der Waals surface area contributed by atoms with Crippen molar-refractivity contribution in [1.82, 2.24) is 9.97 Å². The first-order chi connectivity index (χ1) is 9.60. The lowest BCUT2D eigenvalue weighted by molar-refractivity contribution is 0.120. The number of aromatic nitrogens is 2. The van der Waals surface area contributed by atoms with Gasteiger partial charge in [0.25, 0.3) is 0 Å². The lowest BCUT2D eigenvalue weighted by atomic mass is 9.91. The van der Waals surface area contributed by atoms with Gasteiger partial charge in [0.15, 0.2) is 5.60 Å². The minimum absolute atomic E-state index is 0.443. The van der Waals surface area contributed by atoms with Crippen LogP contribution in [-0.2, 0) is 5.60 Å². The molecule has 0 spiro atoms. The van der Waals surface area contributed by atoms with Crippen LogP contribution in [0.3, 0.4) is 0 Å². The molecule has 102 valence electrons. The average molecular weight is 325 g/mol. The van der Waals surface area contributed by atoms with Gasteiger partial charge < -0.3 is 10.1 Å². The summed E-state index contributed by atoms with van der Waals surface area (Å²) >= 11 is 13.2. The molecular weight excluding hydrogens is 315 g/mol. The molecule has 0 bridgehead atoms. The fourth-order valence-electron chi connectivity index (χ4n) is 2.06. The van der Waals surface area contributed by atoms with E-state index in [9.17, 15) is 5.11 Å². The second-order valence-corrected chi connectivity index (χ2v) is 6.41. The van der Waals surface area contributed by atoms with E-state index in [1.165, 1.54) is 11.3 Å². The van der Waals surface area contributed by atoms with Gasteiger partial charge >= 0.3 is 0 Å². The summed E-state index contributed by atoms with van der Waals surface area (Å²) in [5.41, 5.74) is -0.693. The normalized spacial score (nSPS) is 14.2. The molecule has 0 aliphatic rings. The highest BCUT2D eigenvalue weighted by atomic mass is 35.5. The average Bonchev–Trinajstić information content (AvgIpc) is 3.10. The van der Waals surface area contributed by atoms with Crippen LogP contribution in [0, 0.1) is 0 Å². The van der Waals surface area contributed by atoms with E-state index in [2.05, 4.69) is 9.97 Å². The summed E-state index contributed by atoms with van der Waals surface area (Å²) in [6, 6.07) is 10.6. The highest BCUT2D eigenvalue weighted by Crippen LogP contribution is 2.39. The number of thiophene rings is 1. The summed E-state index contributed by atoms with van der Waals surface area (Å²) < 4.78 is 0.610. The molecule has 2 N–H and O–H groups in total. The van der Waals surface area contributed by atoms with E-state index < -0.39 is 5.60 Å². The quantitative estimate of drug-likeness (QED) is 0.763. The van der Waals surface area contributed by atoms with Crippen molar-refractivity contribution in [2.45, 2.75) is 5.60 Å². The minimum atomic E-state index is -1.37. The van der Waals surface area contributed by atoms with Crippen LogP contribution in [0.1, 0.15) is 16.3 Å². The molecular formula is C14H10Cl2N2OS. The number of H-pyrrole nitrogens is 1. The Kier molecular flexibility index (Phi) is 3.56. The summed E-state index contributed by atoms with van der Waals surface area (Å²) in [6.07, 6.45) is 3.27. The predicted octanol–water partition coefficient (Wildman–Crippen LogP) is 4.06. The maximum atomic E-state index is 11.2. The van der Waals surface area contributed by atoms with E-state index >= 15 is 0 Å². The Hall–Kier alpha value is -1.33. The molecule has 0 saturated heterocycles. The summed E-state index contributed by atoms with van der Waals surface area (Å²) in [5.74, 6) is 0.443. The van der Waals surface area contributed by atoms with Crippen molar-refractivity contribution in [3.05, 3.63) is 74.4 Å². The van der Waals surface area contributed by atoms with Crippen molar-refractivity contribution in [2.24, 2.45) is 0 Å². The van der Waals surface area contributed by atoms with Crippen LogP contribution >= 0.6 is 34.5 Å². The lowest BCUT2D eigenvalue weighted by Crippen LogP contribution is -2.29. The van der Waals surface area contributed by atoms with Gasteiger partial charge in [0.2, 0.25) is 0 Å². The van der Waals surface area contributed by atoms with Gasteiger partial charge in [0, 0.05) is 22.3 Å². The van der Waals surface area contributed by atoms with Gasteiger partial charge in [0.1, 0.15) is 5.82 Å². The molecule has 0 fully saturated rings. The minimum Gasteiger partial charge on any atom is -0.372 e. The number of aliphatic hydroxyl groups is 1. The Morgan fingerprint density at radius 1 is 1.10 bits per heavy atom. The van der Waals surface area contributed by atoms with Crippen molar-refractivity contribution in [3.8, 4) is 0 Å². The van der Waals surface area contributed by atoms with Crippen molar-refractivity contribution < 1.29 is 5.11 Å². The largest absolute Gasteiger partial charge is 0.372 e. The topological polar surface area (TPSA) is 48.9 Å². The number of nitrogens with zero attached hydrogens (tertiary/aromatic N) is 1. The van der Waals surface area contributed by atoms with Gasteiger partial charge in [-0.3, -0.25) is 0 Å². The summed E-state index contributed by atoms with van der Waals surface area (Å²) in [4.78, 5) is 7.86. The van der Waals surface area contributed by atoms with E-state index in [-0.39, 0.29) is 0 Å². The first-order valence-electron chi connectivity index (χ1n) is 5.85. The Labute approximate surface area is 129 Å². The molecule has 3 aromatic rings. The molecule has 20 heavy (non-hydrogen) atoms. The molecule has 0 aliphatic heterocycles. The number of halogens is 2. The predicted molar refractivity (Wildman–Crippen MR) is 81.5 cm³/mol. The van der Waals surface area contributed by atoms with E-state index in [1.807, 2.05) is 0 Å². The second-order valence-electron chi connectivity index (χ2n) is 4.26. The molecule has 0 aliphatic carbocycles. The Balaban J connectivity index is 2.20. The van der Waals surface area contributed by atoms with E-state index in [1.54, 1.807) is 48.8 Å². The zero-order valence-corrected chi connectivity index (χ0v) is 12.5. The molecule has 2 heterocycles. The highest BCUT2D eigenvalue weighted by molar-refractivity contribution is 7.16. The third kappa shape index (κ3) is 2.25. The van der Waals surface area contributed by atoms with Gasteiger partial charge in [-0.15, -0.1) is 11.3 Å². The smallest absolute Gasteiger partial charge is 0.182 e. The van der Waals surface area contributed by atoms with Gasteiger partial charge in [-0.25, -0.2) is 4.98 Å². The molecule has 3 rings (SSSR count). The second kappa shape index (κ2) is 5.22. The number of aromatic amines is 1. The summed E-state index contributed by atoms with van der Waals surface area (Å²) in [6.45, 7) is 0. The van der Waals surface area contributed by atoms with Crippen molar-refractivity contribution >= 4 is 34.5 Å². The van der Waals surface area contributed by atoms with Gasteiger partial charge in [-0.05, 0) is 29.8 Å². The number of hydrogen-bond acceptors (Lipinski definition) is 3. The first-order valence-corrected chi connectivity index (χ1v) is 7.42. The Morgan fingerprint density at radius 3 is 2.40 bits per heavy atom. The van der Waals surface area contributed by atoms with Gasteiger partial charge in [-0.1, -0.05) is 35.3 Å². The van der Waals surface area contributed by atoms with Crippen LogP contribution in [0.15, 0.2) is 48.8 Å². The Morgan fingerprint density at radius 2 is 1.85 bits per heavy atom. The van der Waals surface area contributed by atoms with Crippen LogP contribution in [0.2, 0.25) is 9.36 Å². The van der Waals surface area contributed by atoms with Crippen LogP contribution in [0.5, 0.6) is 0 Å². The number of hydrogen-bond donors (Lipinski definition) is 2. The number of benzene rings is 1. The SMILES string of the molecule is OC(c1ccc(Cl)cc1)(c1ncc[nH]1)c1ccc(Cl)s1. The van der Waals surface area contributed by atoms with E-state index in [0.717, 1.165) is 0 Å². The first kappa shape index (κ1) is 13.6.